The molecule has 1 saturated heterocycles. The van der Waals surface area contributed by atoms with Gasteiger partial charge in [-0.05, 0) is 55.1 Å². The number of rotatable bonds is 7. The summed E-state index contributed by atoms with van der Waals surface area (Å²) >= 11 is 0. The molecule has 0 aliphatic carbocycles. The summed E-state index contributed by atoms with van der Waals surface area (Å²) in [5, 5.41) is 0. The summed E-state index contributed by atoms with van der Waals surface area (Å²) < 4.78 is 40.3. The third-order valence-corrected chi connectivity index (χ3v) is 6.11. The Morgan fingerprint density at radius 3 is 2.38 bits per heavy atom. The first kappa shape index (κ1) is 19.0. The summed E-state index contributed by atoms with van der Waals surface area (Å²) in [6, 6.07) is 16.1. The molecule has 1 N–H and O–H groups in total. The van der Waals surface area contributed by atoms with E-state index in [4.69, 9.17) is 0 Å². The van der Waals surface area contributed by atoms with Crippen LogP contribution in [0, 0.1) is 11.7 Å². The average molecular weight is 376 g/mol. The van der Waals surface area contributed by atoms with Crippen LogP contribution in [-0.4, -0.2) is 33.0 Å². The molecule has 140 valence electrons. The van der Waals surface area contributed by atoms with Gasteiger partial charge < -0.3 is 0 Å². The minimum Gasteiger partial charge on any atom is -0.299 e. The Labute approximate surface area is 155 Å². The Bertz CT molecular complexity index is 804. The Kier molecular flexibility index (Phi) is 6.40. The van der Waals surface area contributed by atoms with Crippen molar-refractivity contribution < 1.29 is 12.8 Å². The Morgan fingerprint density at radius 1 is 1.00 bits per heavy atom. The number of halogens is 1. The van der Waals surface area contributed by atoms with Gasteiger partial charge in [-0.1, -0.05) is 42.5 Å². The number of sulfonamides is 1. The van der Waals surface area contributed by atoms with Gasteiger partial charge in [0.2, 0.25) is 10.0 Å². The lowest BCUT2D eigenvalue weighted by Crippen LogP contribution is -2.38. The molecule has 0 spiro atoms. The highest BCUT2D eigenvalue weighted by molar-refractivity contribution is 7.88. The van der Waals surface area contributed by atoms with Crippen LogP contribution in [0.3, 0.4) is 0 Å². The fraction of sp³-hybridized carbons (Fsp3) is 0.400. The zero-order valence-corrected chi connectivity index (χ0v) is 15.6. The third-order valence-electron chi connectivity index (χ3n) is 4.79. The molecule has 0 atom stereocenters. The average Bonchev–Trinajstić information content (AvgIpc) is 2.62. The molecular weight excluding hydrogens is 351 g/mol. The molecule has 1 heterocycles. The van der Waals surface area contributed by atoms with Gasteiger partial charge in [0.25, 0.3) is 0 Å². The van der Waals surface area contributed by atoms with Crippen molar-refractivity contribution >= 4 is 10.0 Å². The van der Waals surface area contributed by atoms with Gasteiger partial charge in [-0.3, -0.25) is 4.90 Å². The first-order valence-electron chi connectivity index (χ1n) is 8.98. The van der Waals surface area contributed by atoms with Crippen LogP contribution in [0.4, 0.5) is 4.39 Å². The van der Waals surface area contributed by atoms with Crippen molar-refractivity contribution in [3.8, 4) is 0 Å². The summed E-state index contributed by atoms with van der Waals surface area (Å²) in [6.07, 6.45) is 1.96. The number of nitrogens with one attached hydrogen (secondary N) is 1. The van der Waals surface area contributed by atoms with Crippen LogP contribution >= 0.6 is 0 Å². The molecule has 3 rings (SSSR count). The molecule has 0 amide bonds. The second kappa shape index (κ2) is 8.75. The molecule has 2 aromatic carbocycles. The monoisotopic (exact) mass is 376 g/mol. The predicted octanol–water partition coefficient (Wildman–Crippen LogP) is 3.16. The van der Waals surface area contributed by atoms with Crippen LogP contribution in [0.15, 0.2) is 54.6 Å². The van der Waals surface area contributed by atoms with Gasteiger partial charge in [0, 0.05) is 13.1 Å². The number of hydrogen-bond acceptors (Lipinski definition) is 3. The molecular formula is C20H25FN2O2S. The molecule has 1 aliphatic rings. The minimum absolute atomic E-state index is 0.183. The van der Waals surface area contributed by atoms with Crippen LogP contribution in [0.25, 0.3) is 0 Å². The molecule has 0 saturated carbocycles. The van der Waals surface area contributed by atoms with E-state index in [1.54, 1.807) is 6.07 Å². The van der Waals surface area contributed by atoms with E-state index < -0.39 is 15.8 Å². The van der Waals surface area contributed by atoms with Crippen LogP contribution in [-0.2, 0) is 22.3 Å². The van der Waals surface area contributed by atoms with Crippen molar-refractivity contribution in [2.75, 3.05) is 19.6 Å². The number of likely N-dealkylation sites (tertiary alicyclic amines) is 1. The third kappa shape index (κ3) is 5.90. The number of hydrogen-bond donors (Lipinski definition) is 1. The van der Waals surface area contributed by atoms with Gasteiger partial charge in [0.05, 0.1) is 5.75 Å². The topological polar surface area (TPSA) is 49.4 Å². The zero-order chi connectivity index (χ0) is 18.4. The lowest BCUT2D eigenvalue weighted by Gasteiger charge is -2.32. The van der Waals surface area contributed by atoms with E-state index >= 15 is 0 Å². The molecule has 0 unspecified atom stereocenters. The second-order valence-corrected chi connectivity index (χ2v) is 8.75. The molecule has 26 heavy (non-hydrogen) atoms. The van der Waals surface area contributed by atoms with Crippen molar-refractivity contribution in [1.82, 2.24) is 9.62 Å². The lowest BCUT2D eigenvalue weighted by molar-refractivity contribution is 0.178. The number of piperidine rings is 1. The lowest BCUT2D eigenvalue weighted by atomic mass is 9.97. The Balaban J connectivity index is 1.43. The molecule has 1 aliphatic heterocycles. The van der Waals surface area contributed by atoms with Crippen molar-refractivity contribution in [3.63, 3.8) is 0 Å². The van der Waals surface area contributed by atoms with Crippen LogP contribution in [0.2, 0.25) is 0 Å². The van der Waals surface area contributed by atoms with E-state index in [0.29, 0.717) is 18.0 Å². The maximum Gasteiger partial charge on any atom is 0.215 e. The second-order valence-electron chi connectivity index (χ2n) is 6.94. The van der Waals surface area contributed by atoms with E-state index in [9.17, 15) is 12.8 Å². The van der Waals surface area contributed by atoms with Crippen LogP contribution in [0.5, 0.6) is 0 Å². The number of nitrogens with zero attached hydrogens (tertiary/aromatic N) is 1. The summed E-state index contributed by atoms with van der Waals surface area (Å²) in [5.74, 6) is -0.245. The van der Waals surface area contributed by atoms with E-state index in [0.717, 1.165) is 32.5 Å². The maximum absolute atomic E-state index is 13.2. The smallest absolute Gasteiger partial charge is 0.215 e. The SMILES string of the molecule is O=S(=O)(Cc1cccc(F)c1)NCC1CCN(Cc2ccccc2)CC1. The quantitative estimate of drug-likeness (QED) is 0.808. The fourth-order valence-electron chi connectivity index (χ4n) is 3.33. The molecule has 0 radical (unpaired) electrons. The molecule has 0 bridgehead atoms. The van der Waals surface area contributed by atoms with Crippen LogP contribution < -0.4 is 4.72 Å². The van der Waals surface area contributed by atoms with Crippen molar-refractivity contribution in [3.05, 3.63) is 71.5 Å². The highest BCUT2D eigenvalue weighted by atomic mass is 32.2. The largest absolute Gasteiger partial charge is 0.299 e. The van der Waals surface area contributed by atoms with Gasteiger partial charge in [-0.25, -0.2) is 17.5 Å². The Hall–Kier alpha value is -1.76. The van der Waals surface area contributed by atoms with Crippen molar-refractivity contribution in [1.29, 1.82) is 0 Å². The number of benzene rings is 2. The van der Waals surface area contributed by atoms with E-state index in [2.05, 4.69) is 33.9 Å². The highest BCUT2D eigenvalue weighted by Crippen LogP contribution is 2.19. The van der Waals surface area contributed by atoms with Crippen molar-refractivity contribution in [2.45, 2.75) is 25.1 Å². The maximum atomic E-state index is 13.2. The van der Waals surface area contributed by atoms with Gasteiger partial charge in [0.15, 0.2) is 0 Å². The van der Waals surface area contributed by atoms with Gasteiger partial charge in [-0.15, -0.1) is 0 Å². The summed E-state index contributed by atoms with van der Waals surface area (Å²) in [6.45, 7) is 3.35. The first-order chi connectivity index (χ1) is 12.5. The van der Waals surface area contributed by atoms with E-state index in [-0.39, 0.29) is 5.75 Å². The van der Waals surface area contributed by atoms with E-state index in [1.807, 2.05) is 6.07 Å². The molecule has 2 aromatic rings. The summed E-state index contributed by atoms with van der Waals surface area (Å²) in [7, 11) is -3.44. The van der Waals surface area contributed by atoms with Crippen molar-refractivity contribution in [2.24, 2.45) is 5.92 Å². The van der Waals surface area contributed by atoms with Gasteiger partial charge >= 0.3 is 0 Å². The zero-order valence-electron chi connectivity index (χ0n) is 14.8. The molecule has 0 aromatic heterocycles. The standard InChI is InChI=1S/C20H25FN2O2S/c21-20-8-4-7-19(13-20)16-26(24,25)22-14-17-9-11-23(12-10-17)15-18-5-2-1-3-6-18/h1-8,13,17,22H,9-12,14-16H2. The normalized spacial score (nSPS) is 16.7. The summed E-state index contributed by atoms with van der Waals surface area (Å²) in [5.41, 5.74) is 1.77. The molecule has 6 heteroatoms. The molecule has 1 fully saturated rings. The van der Waals surface area contributed by atoms with E-state index in [1.165, 1.54) is 23.8 Å². The predicted molar refractivity (Wildman–Crippen MR) is 101 cm³/mol. The Morgan fingerprint density at radius 2 is 1.69 bits per heavy atom. The fourth-order valence-corrected chi connectivity index (χ4v) is 4.54. The first-order valence-corrected chi connectivity index (χ1v) is 10.6. The van der Waals surface area contributed by atoms with Crippen LogP contribution in [0.1, 0.15) is 24.0 Å². The highest BCUT2D eigenvalue weighted by Gasteiger charge is 2.21. The van der Waals surface area contributed by atoms with Gasteiger partial charge in [0.1, 0.15) is 5.82 Å². The molecule has 4 nitrogen and oxygen atoms in total. The minimum atomic E-state index is -3.44. The summed E-state index contributed by atoms with van der Waals surface area (Å²) in [4.78, 5) is 2.41. The van der Waals surface area contributed by atoms with Gasteiger partial charge in [-0.2, -0.15) is 0 Å².